The Kier molecular flexibility index (Phi) is 7.04. The van der Waals surface area contributed by atoms with Gasteiger partial charge in [0.15, 0.2) is 5.60 Å². The van der Waals surface area contributed by atoms with Gasteiger partial charge in [0.05, 0.1) is 19.7 Å². The van der Waals surface area contributed by atoms with Crippen LogP contribution in [0.15, 0.2) is 41.2 Å². The predicted molar refractivity (Wildman–Crippen MR) is 124 cm³/mol. The van der Waals surface area contributed by atoms with Crippen molar-refractivity contribution in [3.63, 3.8) is 0 Å². The highest BCUT2D eigenvalue weighted by atomic mass is 19.4. The van der Waals surface area contributed by atoms with E-state index in [2.05, 4.69) is 19.4 Å². The lowest BCUT2D eigenvalue weighted by Crippen LogP contribution is -2.46. The van der Waals surface area contributed by atoms with E-state index in [4.69, 9.17) is 9.47 Å². The number of aromatic amines is 1. The molecule has 0 aliphatic carbocycles. The standard InChI is InChI=1S/C25H22F6N2O6/c1-11-19(13-6-5-12(9-18(13)36-3)38-25(29,30)31)21(39-23(11,2)24(26,27)28)16-10-17(34)20-14(32-16)7-8-15(33-20)22(35)37-4/h5-11,19,21H,1-4H3,(H,32,34)/t11-,19-,21-,23+/m0/s1. The van der Waals surface area contributed by atoms with Crippen molar-refractivity contribution in [1.29, 1.82) is 0 Å². The largest absolute Gasteiger partial charge is 0.573 e. The van der Waals surface area contributed by atoms with E-state index in [1.807, 2.05) is 0 Å². The normalized spacial score (nSPS) is 23.6. The predicted octanol–water partition coefficient (Wildman–Crippen LogP) is 5.43. The first kappa shape index (κ1) is 28.2. The fraction of sp³-hybridized carbons (Fsp3) is 0.400. The van der Waals surface area contributed by atoms with E-state index < -0.39 is 53.2 Å². The minimum atomic E-state index is -5.00. The second-order valence-electron chi connectivity index (χ2n) is 9.08. The number of ether oxygens (including phenoxy) is 4. The molecule has 39 heavy (non-hydrogen) atoms. The lowest BCUT2D eigenvalue weighted by atomic mass is 9.76. The molecule has 210 valence electrons. The van der Waals surface area contributed by atoms with Crippen LogP contribution in [0.1, 0.15) is 47.6 Å². The molecule has 2 aromatic heterocycles. The van der Waals surface area contributed by atoms with Crippen LogP contribution in [0.25, 0.3) is 11.0 Å². The molecular weight excluding hydrogens is 538 g/mol. The lowest BCUT2D eigenvalue weighted by molar-refractivity contribution is -0.275. The highest BCUT2D eigenvalue weighted by Crippen LogP contribution is 2.59. The average Bonchev–Trinajstić information content (AvgIpc) is 3.13. The number of pyridine rings is 2. The Morgan fingerprint density at radius 2 is 1.77 bits per heavy atom. The number of halogens is 6. The number of alkyl halides is 6. The summed E-state index contributed by atoms with van der Waals surface area (Å²) in [5, 5.41) is 0. The van der Waals surface area contributed by atoms with Gasteiger partial charge in [0.25, 0.3) is 0 Å². The molecule has 8 nitrogen and oxygen atoms in total. The van der Waals surface area contributed by atoms with Crippen LogP contribution in [0.3, 0.4) is 0 Å². The Hall–Kier alpha value is -3.81. The molecule has 1 saturated heterocycles. The summed E-state index contributed by atoms with van der Waals surface area (Å²) >= 11 is 0. The molecule has 1 aliphatic heterocycles. The maximum atomic E-state index is 14.3. The van der Waals surface area contributed by atoms with Crippen molar-refractivity contribution in [3.05, 3.63) is 63.6 Å². The van der Waals surface area contributed by atoms with Crippen molar-refractivity contribution >= 4 is 17.0 Å². The van der Waals surface area contributed by atoms with Crippen molar-refractivity contribution in [2.45, 2.75) is 44.0 Å². The zero-order chi connectivity index (χ0) is 28.9. The van der Waals surface area contributed by atoms with Gasteiger partial charge in [-0.15, -0.1) is 13.2 Å². The second kappa shape index (κ2) is 9.74. The minimum absolute atomic E-state index is 0.0392. The smallest absolute Gasteiger partial charge is 0.496 e. The molecule has 1 aromatic carbocycles. The number of nitrogens with zero attached hydrogens (tertiary/aromatic N) is 1. The van der Waals surface area contributed by atoms with Gasteiger partial charge in [-0.3, -0.25) is 4.79 Å². The number of esters is 1. The Balaban J connectivity index is 1.87. The van der Waals surface area contributed by atoms with E-state index >= 15 is 0 Å². The molecule has 0 spiro atoms. The summed E-state index contributed by atoms with van der Waals surface area (Å²) in [7, 11) is 2.28. The van der Waals surface area contributed by atoms with Crippen LogP contribution < -0.4 is 14.9 Å². The number of methoxy groups -OCH3 is 2. The van der Waals surface area contributed by atoms with Crippen molar-refractivity contribution in [2.75, 3.05) is 14.2 Å². The molecule has 0 amide bonds. The number of carbonyl (C=O) groups is 1. The Bertz CT molecular complexity index is 1470. The number of carbonyl (C=O) groups excluding carboxylic acids is 1. The van der Waals surface area contributed by atoms with E-state index in [0.717, 1.165) is 39.3 Å². The number of benzene rings is 1. The van der Waals surface area contributed by atoms with E-state index in [9.17, 15) is 35.9 Å². The maximum absolute atomic E-state index is 14.3. The van der Waals surface area contributed by atoms with E-state index in [1.165, 1.54) is 25.1 Å². The van der Waals surface area contributed by atoms with Crippen molar-refractivity contribution < 1.29 is 50.1 Å². The van der Waals surface area contributed by atoms with Crippen LogP contribution in [0.4, 0.5) is 26.3 Å². The van der Waals surface area contributed by atoms with Gasteiger partial charge in [0.2, 0.25) is 5.43 Å². The molecule has 1 fully saturated rings. The fourth-order valence-corrected chi connectivity index (χ4v) is 4.75. The molecule has 3 aromatic rings. The number of nitrogens with one attached hydrogen (secondary N) is 1. The molecule has 3 heterocycles. The first-order valence-electron chi connectivity index (χ1n) is 11.4. The molecule has 1 N–H and O–H groups in total. The second-order valence-corrected chi connectivity index (χ2v) is 9.08. The van der Waals surface area contributed by atoms with E-state index in [-0.39, 0.29) is 33.7 Å². The highest BCUT2D eigenvalue weighted by Gasteiger charge is 2.65. The summed E-state index contributed by atoms with van der Waals surface area (Å²) in [4.78, 5) is 31.6. The van der Waals surface area contributed by atoms with Crippen molar-refractivity contribution in [1.82, 2.24) is 9.97 Å². The molecule has 0 saturated carbocycles. The molecule has 0 radical (unpaired) electrons. The maximum Gasteiger partial charge on any atom is 0.573 e. The number of hydrogen-bond donors (Lipinski definition) is 1. The molecule has 4 rings (SSSR count). The third-order valence-electron chi connectivity index (χ3n) is 6.86. The number of hydrogen-bond acceptors (Lipinski definition) is 7. The van der Waals surface area contributed by atoms with Crippen LogP contribution in [0.2, 0.25) is 0 Å². The van der Waals surface area contributed by atoms with Gasteiger partial charge in [-0.1, -0.05) is 13.0 Å². The number of H-pyrrole nitrogens is 1. The molecule has 0 bridgehead atoms. The Labute approximate surface area is 216 Å². The first-order valence-corrected chi connectivity index (χ1v) is 11.4. The summed E-state index contributed by atoms with van der Waals surface area (Å²) in [6.07, 6.45) is -11.3. The third kappa shape index (κ3) is 5.12. The molecular formula is C25H22F6N2O6. The van der Waals surface area contributed by atoms with Crippen molar-refractivity contribution in [2.24, 2.45) is 5.92 Å². The van der Waals surface area contributed by atoms with Gasteiger partial charge >= 0.3 is 18.5 Å². The summed E-state index contributed by atoms with van der Waals surface area (Å²) in [5.41, 5.74) is -3.53. The van der Waals surface area contributed by atoms with Gasteiger partial charge in [-0.2, -0.15) is 13.2 Å². The van der Waals surface area contributed by atoms with Crippen LogP contribution in [-0.2, 0) is 9.47 Å². The van der Waals surface area contributed by atoms with Gasteiger partial charge in [0, 0.05) is 35.2 Å². The Morgan fingerprint density at radius 3 is 2.36 bits per heavy atom. The zero-order valence-electron chi connectivity index (χ0n) is 20.9. The summed E-state index contributed by atoms with van der Waals surface area (Å²) < 4.78 is 100. The summed E-state index contributed by atoms with van der Waals surface area (Å²) in [5.74, 6) is -4.01. The van der Waals surface area contributed by atoms with Crippen LogP contribution in [0.5, 0.6) is 11.5 Å². The Morgan fingerprint density at radius 1 is 1.08 bits per heavy atom. The molecule has 0 unspecified atom stereocenters. The SMILES string of the molecule is COC(=O)c1ccc2[nH]c([C@@H]3O[C@@](C)(C(F)(F)F)[C@@H](C)[C@H]3c3ccc(OC(F)(F)F)cc3OC)cc(=O)c2n1. The van der Waals surface area contributed by atoms with E-state index in [1.54, 1.807) is 0 Å². The quantitative estimate of drug-likeness (QED) is 0.328. The molecule has 1 aliphatic rings. The van der Waals surface area contributed by atoms with Crippen LogP contribution >= 0.6 is 0 Å². The van der Waals surface area contributed by atoms with Gasteiger partial charge in [-0.05, 0) is 25.1 Å². The zero-order valence-corrected chi connectivity index (χ0v) is 20.9. The van der Waals surface area contributed by atoms with Crippen LogP contribution in [-0.4, -0.2) is 48.3 Å². The number of aromatic nitrogens is 2. The van der Waals surface area contributed by atoms with Crippen LogP contribution in [0, 0.1) is 5.92 Å². The lowest BCUT2D eigenvalue weighted by Gasteiger charge is -2.32. The molecule has 14 heteroatoms. The summed E-state index contributed by atoms with van der Waals surface area (Å²) in [6.45, 7) is 2.16. The summed E-state index contributed by atoms with van der Waals surface area (Å²) in [6, 6.07) is 6.67. The van der Waals surface area contributed by atoms with Gasteiger partial charge < -0.3 is 23.9 Å². The van der Waals surface area contributed by atoms with Gasteiger partial charge in [0.1, 0.15) is 28.8 Å². The monoisotopic (exact) mass is 560 g/mol. The van der Waals surface area contributed by atoms with Gasteiger partial charge in [-0.25, -0.2) is 9.78 Å². The number of rotatable bonds is 5. The fourth-order valence-electron chi connectivity index (χ4n) is 4.75. The minimum Gasteiger partial charge on any atom is -0.496 e. The average molecular weight is 560 g/mol. The first-order chi connectivity index (χ1) is 18.1. The molecule has 4 atom stereocenters. The highest BCUT2D eigenvalue weighted by molar-refractivity contribution is 5.90. The van der Waals surface area contributed by atoms with E-state index in [0.29, 0.717) is 0 Å². The number of fused-ring (bicyclic) bond motifs is 1. The third-order valence-corrected chi connectivity index (χ3v) is 6.86. The van der Waals surface area contributed by atoms with Crippen molar-refractivity contribution in [3.8, 4) is 11.5 Å². The topological polar surface area (TPSA) is 99.7 Å².